The van der Waals surface area contributed by atoms with Crippen LogP contribution in [0.15, 0.2) is 0 Å². The lowest BCUT2D eigenvalue weighted by Crippen LogP contribution is -2.44. The van der Waals surface area contributed by atoms with Crippen LogP contribution in [0.5, 0.6) is 0 Å². The summed E-state index contributed by atoms with van der Waals surface area (Å²) < 4.78 is 22.3. The van der Waals surface area contributed by atoms with Crippen molar-refractivity contribution in [2.75, 3.05) is 0 Å². The van der Waals surface area contributed by atoms with Crippen LogP contribution in [-0.2, 0) is 9.13 Å². The van der Waals surface area contributed by atoms with Crippen LogP contribution >= 0.6 is 15.2 Å². The van der Waals surface area contributed by atoms with Crippen molar-refractivity contribution in [1.29, 1.82) is 0 Å². The first-order valence-electron chi connectivity index (χ1n) is 5.44. The van der Waals surface area contributed by atoms with Crippen molar-refractivity contribution in [1.82, 2.24) is 0 Å². The van der Waals surface area contributed by atoms with Gasteiger partial charge >= 0.3 is 15.2 Å². The van der Waals surface area contributed by atoms with Gasteiger partial charge < -0.3 is 25.3 Å². The molecule has 0 amide bonds. The Morgan fingerprint density at radius 2 is 1.41 bits per heavy atom. The van der Waals surface area contributed by atoms with Crippen LogP contribution in [0.25, 0.3) is 0 Å². The van der Waals surface area contributed by atoms with Gasteiger partial charge in [0.25, 0.3) is 0 Å². The summed E-state index contributed by atoms with van der Waals surface area (Å²) >= 11 is 0. The molecule has 1 aliphatic rings. The minimum absolute atomic E-state index is 0.332. The fourth-order valence-electron chi connectivity index (χ4n) is 2.26. The van der Waals surface area contributed by atoms with E-state index in [2.05, 4.69) is 0 Å². The predicted octanol–water partition coefficient (Wildman–Crippen LogP) is 0.720. The molecule has 0 heterocycles. The SMILES string of the molecule is NC1(CC(P(=O)(O)O)P(=O)(O)O)CCCCC1. The minimum Gasteiger partial charge on any atom is -0.325 e. The molecule has 1 fully saturated rings. The minimum atomic E-state index is -4.85. The molecule has 0 bridgehead atoms. The molecular formula is C8H19NO6P2. The summed E-state index contributed by atoms with van der Waals surface area (Å²) in [5.74, 6) is 0. The second-order valence-corrected chi connectivity index (χ2v) is 8.80. The highest BCUT2D eigenvalue weighted by atomic mass is 31.2. The summed E-state index contributed by atoms with van der Waals surface area (Å²) in [6.45, 7) is 0. The smallest absolute Gasteiger partial charge is 0.325 e. The van der Waals surface area contributed by atoms with E-state index in [4.69, 9.17) is 25.3 Å². The maximum atomic E-state index is 11.1. The molecule has 0 atom stereocenters. The number of nitrogens with two attached hydrogens (primary N) is 1. The second-order valence-electron chi connectivity index (χ2n) is 4.79. The van der Waals surface area contributed by atoms with Gasteiger partial charge in [0.1, 0.15) is 0 Å². The summed E-state index contributed by atoms with van der Waals surface area (Å²) in [6.07, 6.45) is 3.40. The highest BCUT2D eigenvalue weighted by Gasteiger charge is 2.47. The molecule has 1 saturated carbocycles. The van der Waals surface area contributed by atoms with Gasteiger partial charge in [-0.2, -0.15) is 0 Å². The van der Waals surface area contributed by atoms with Crippen molar-refractivity contribution in [2.24, 2.45) is 5.73 Å². The number of hydrogen-bond donors (Lipinski definition) is 5. The van der Waals surface area contributed by atoms with Gasteiger partial charge in [-0.3, -0.25) is 9.13 Å². The van der Waals surface area contributed by atoms with Crippen molar-refractivity contribution >= 4 is 15.2 Å². The van der Waals surface area contributed by atoms with Gasteiger partial charge in [0, 0.05) is 5.54 Å². The summed E-state index contributed by atoms with van der Waals surface area (Å²) in [5, 5.41) is -1.97. The molecule has 102 valence electrons. The van der Waals surface area contributed by atoms with E-state index in [9.17, 15) is 9.13 Å². The quantitative estimate of drug-likeness (QED) is 0.479. The lowest BCUT2D eigenvalue weighted by molar-refractivity contribution is 0.260. The molecule has 0 aromatic heterocycles. The molecule has 7 nitrogen and oxygen atoms in total. The van der Waals surface area contributed by atoms with Crippen LogP contribution < -0.4 is 5.73 Å². The van der Waals surface area contributed by atoms with Crippen LogP contribution in [0.2, 0.25) is 0 Å². The predicted molar refractivity (Wildman–Crippen MR) is 62.5 cm³/mol. The molecule has 0 saturated heterocycles. The van der Waals surface area contributed by atoms with Gasteiger partial charge in [0.15, 0.2) is 5.40 Å². The maximum Gasteiger partial charge on any atom is 0.340 e. The molecule has 0 aromatic carbocycles. The van der Waals surface area contributed by atoms with Gasteiger partial charge in [-0.15, -0.1) is 0 Å². The highest BCUT2D eigenvalue weighted by Crippen LogP contribution is 2.62. The fourth-order valence-corrected chi connectivity index (χ4v) is 5.03. The van der Waals surface area contributed by atoms with E-state index in [1.54, 1.807) is 0 Å². The third-order valence-electron chi connectivity index (χ3n) is 3.21. The molecule has 0 aromatic rings. The largest absolute Gasteiger partial charge is 0.340 e. The van der Waals surface area contributed by atoms with Gasteiger partial charge in [-0.1, -0.05) is 19.3 Å². The Hall–Kier alpha value is 0.260. The zero-order chi connectivity index (χ0) is 13.3. The summed E-state index contributed by atoms with van der Waals surface area (Å²) in [6, 6.07) is 0. The maximum absolute atomic E-state index is 11.1. The van der Waals surface area contributed by atoms with E-state index in [1.807, 2.05) is 0 Å². The molecule has 1 aliphatic carbocycles. The van der Waals surface area contributed by atoms with Crippen molar-refractivity contribution in [3.05, 3.63) is 0 Å². The van der Waals surface area contributed by atoms with Crippen LogP contribution in [0.3, 0.4) is 0 Å². The van der Waals surface area contributed by atoms with Crippen molar-refractivity contribution in [3.63, 3.8) is 0 Å². The van der Waals surface area contributed by atoms with E-state index in [0.29, 0.717) is 12.8 Å². The topological polar surface area (TPSA) is 141 Å². The second kappa shape index (κ2) is 5.10. The Labute approximate surface area is 99.7 Å². The summed E-state index contributed by atoms with van der Waals surface area (Å²) in [4.78, 5) is 36.1. The van der Waals surface area contributed by atoms with Crippen LogP contribution in [0.4, 0.5) is 0 Å². The zero-order valence-electron chi connectivity index (χ0n) is 9.40. The van der Waals surface area contributed by atoms with Crippen LogP contribution in [0.1, 0.15) is 38.5 Å². The number of hydrogen-bond acceptors (Lipinski definition) is 3. The first kappa shape index (κ1) is 15.3. The van der Waals surface area contributed by atoms with Gasteiger partial charge in [-0.05, 0) is 19.3 Å². The Morgan fingerprint density at radius 3 is 1.76 bits per heavy atom. The zero-order valence-corrected chi connectivity index (χ0v) is 11.2. The van der Waals surface area contributed by atoms with E-state index < -0.39 is 26.1 Å². The number of rotatable bonds is 4. The average Bonchev–Trinajstić information content (AvgIpc) is 2.12. The normalized spacial score (nSPS) is 21.8. The van der Waals surface area contributed by atoms with Crippen molar-refractivity contribution < 1.29 is 28.7 Å². The highest BCUT2D eigenvalue weighted by molar-refractivity contribution is 7.70. The van der Waals surface area contributed by atoms with E-state index in [-0.39, 0.29) is 6.42 Å². The van der Waals surface area contributed by atoms with Crippen LogP contribution in [-0.4, -0.2) is 30.5 Å². The molecule has 9 heteroatoms. The Bertz CT molecular complexity index is 333. The Balaban J connectivity index is 2.87. The standard InChI is InChI=1S/C8H19NO6P2/c9-8(4-2-1-3-5-8)6-7(16(10,11)12)17(13,14)15/h7H,1-6,9H2,(H2,10,11,12)(H2,13,14,15). The molecule has 17 heavy (non-hydrogen) atoms. The molecule has 6 N–H and O–H groups in total. The Kier molecular flexibility index (Phi) is 4.59. The van der Waals surface area contributed by atoms with Crippen molar-refractivity contribution in [3.8, 4) is 0 Å². The fraction of sp³-hybridized carbons (Fsp3) is 1.00. The first-order chi connectivity index (χ1) is 7.55. The molecule has 0 unspecified atom stereocenters. The third-order valence-corrected chi connectivity index (χ3v) is 6.94. The van der Waals surface area contributed by atoms with Crippen molar-refractivity contribution in [2.45, 2.75) is 49.5 Å². The Morgan fingerprint density at radius 1 is 1.00 bits per heavy atom. The summed E-state index contributed by atoms with van der Waals surface area (Å²) in [5.41, 5.74) is 5.10. The summed E-state index contributed by atoms with van der Waals surface area (Å²) in [7, 11) is -9.70. The first-order valence-corrected chi connectivity index (χ1v) is 8.80. The lowest BCUT2D eigenvalue weighted by atomic mass is 9.81. The molecule has 1 rings (SSSR count). The molecule has 0 aliphatic heterocycles. The van der Waals surface area contributed by atoms with E-state index in [1.165, 1.54) is 0 Å². The average molecular weight is 287 g/mol. The molecule has 0 spiro atoms. The van der Waals surface area contributed by atoms with Crippen LogP contribution in [0, 0.1) is 0 Å². The van der Waals surface area contributed by atoms with Gasteiger partial charge in [0.2, 0.25) is 0 Å². The van der Waals surface area contributed by atoms with E-state index >= 15 is 0 Å². The van der Waals surface area contributed by atoms with E-state index in [0.717, 1.165) is 19.3 Å². The molecule has 0 radical (unpaired) electrons. The monoisotopic (exact) mass is 287 g/mol. The lowest BCUT2D eigenvalue weighted by Gasteiger charge is -2.36. The molecular weight excluding hydrogens is 268 g/mol. The third kappa shape index (κ3) is 4.45. The van der Waals surface area contributed by atoms with Gasteiger partial charge in [-0.25, -0.2) is 0 Å². The van der Waals surface area contributed by atoms with Gasteiger partial charge in [0.05, 0.1) is 0 Å².